The third-order valence-corrected chi connectivity index (χ3v) is 4.76. The van der Waals surface area contributed by atoms with Crippen LogP contribution in [0.25, 0.3) is 0 Å². The van der Waals surface area contributed by atoms with Crippen molar-refractivity contribution in [2.24, 2.45) is 0 Å². The Morgan fingerprint density at radius 3 is 2.33 bits per heavy atom. The number of benzene rings is 2. The fraction of sp³-hybridized carbons (Fsp3) is 0.333. The molecule has 3 heteroatoms. The summed E-state index contributed by atoms with van der Waals surface area (Å²) >= 11 is 3.49. The topological polar surface area (TPSA) is 21.3 Å². The first-order valence-electron chi connectivity index (χ1n) is 7.36. The second-order valence-electron chi connectivity index (χ2n) is 5.65. The van der Waals surface area contributed by atoms with Crippen LogP contribution in [0, 0.1) is 0 Å². The lowest BCUT2D eigenvalue weighted by molar-refractivity contribution is 0.289. The van der Waals surface area contributed by atoms with Crippen molar-refractivity contribution in [3.8, 4) is 5.75 Å². The van der Waals surface area contributed by atoms with Gasteiger partial charge in [0.1, 0.15) is 5.75 Å². The zero-order valence-electron chi connectivity index (χ0n) is 12.2. The Morgan fingerprint density at radius 1 is 1.05 bits per heavy atom. The molecule has 0 atom stereocenters. The van der Waals surface area contributed by atoms with E-state index in [2.05, 4.69) is 57.6 Å². The van der Waals surface area contributed by atoms with Gasteiger partial charge < -0.3 is 10.1 Å². The third-order valence-electron chi connectivity index (χ3n) is 4.23. The highest BCUT2D eigenvalue weighted by Crippen LogP contribution is 2.37. The Balaban J connectivity index is 1.45. The molecule has 3 rings (SSSR count). The van der Waals surface area contributed by atoms with Crippen LogP contribution < -0.4 is 10.1 Å². The predicted molar refractivity (Wildman–Crippen MR) is 89.7 cm³/mol. The summed E-state index contributed by atoms with van der Waals surface area (Å²) in [6.07, 6.45) is 2.47. The van der Waals surface area contributed by atoms with E-state index in [1.54, 1.807) is 7.11 Å². The van der Waals surface area contributed by atoms with Gasteiger partial charge in [0.2, 0.25) is 0 Å². The van der Waals surface area contributed by atoms with Gasteiger partial charge >= 0.3 is 0 Å². The van der Waals surface area contributed by atoms with Gasteiger partial charge in [-0.2, -0.15) is 0 Å². The van der Waals surface area contributed by atoms with Crippen LogP contribution in [0.2, 0.25) is 0 Å². The van der Waals surface area contributed by atoms with Crippen LogP contribution in [0.1, 0.15) is 29.9 Å². The Hall–Kier alpha value is -1.32. The van der Waals surface area contributed by atoms with Crippen molar-refractivity contribution in [2.75, 3.05) is 7.11 Å². The minimum Gasteiger partial charge on any atom is -0.497 e. The average molecular weight is 346 g/mol. The van der Waals surface area contributed by atoms with Gasteiger partial charge in [0.15, 0.2) is 0 Å². The normalized spacial score (nSPS) is 20.9. The molecule has 0 aliphatic heterocycles. The molecule has 0 bridgehead atoms. The Bertz CT molecular complexity index is 573. The van der Waals surface area contributed by atoms with Gasteiger partial charge in [-0.05, 0) is 54.2 Å². The number of halogens is 1. The molecule has 1 aliphatic carbocycles. The molecule has 1 saturated carbocycles. The maximum Gasteiger partial charge on any atom is 0.118 e. The molecular formula is C18H20BrNO. The number of rotatable bonds is 5. The van der Waals surface area contributed by atoms with E-state index in [-0.39, 0.29) is 0 Å². The third kappa shape index (κ3) is 3.66. The van der Waals surface area contributed by atoms with Crippen molar-refractivity contribution < 1.29 is 4.74 Å². The molecule has 1 fully saturated rings. The molecule has 2 nitrogen and oxygen atoms in total. The Morgan fingerprint density at radius 2 is 1.71 bits per heavy atom. The Kier molecular flexibility index (Phi) is 4.61. The van der Waals surface area contributed by atoms with Crippen molar-refractivity contribution in [1.82, 2.24) is 5.32 Å². The number of ether oxygens (including phenoxy) is 1. The first-order valence-corrected chi connectivity index (χ1v) is 8.15. The van der Waals surface area contributed by atoms with Crippen molar-refractivity contribution in [1.29, 1.82) is 0 Å². The van der Waals surface area contributed by atoms with Gasteiger partial charge in [-0.1, -0.05) is 40.2 Å². The van der Waals surface area contributed by atoms with E-state index in [1.165, 1.54) is 24.0 Å². The molecule has 21 heavy (non-hydrogen) atoms. The van der Waals surface area contributed by atoms with E-state index in [4.69, 9.17) is 4.74 Å². The van der Waals surface area contributed by atoms with Crippen LogP contribution >= 0.6 is 15.9 Å². The minimum atomic E-state index is 0.640. The molecule has 1 N–H and O–H groups in total. The number of hydrogen-bond acceptors (Lipinski definition) is 2. The predicted octanol–water partition coefficient (Wildman–Crippen LogP) is 4.49. The van der Waals surface area contributed by atoms with Crippen LogP contribution in [0.4, 0.5) is 0 Å². The number of methoxy groups -OCH3 is 1. The molecule has 0 amide bonds. The minimum absolute atomic E-state index is 0.640. The van der Waals surface area contributed by atoms with E-state index in [1.807, 2.05) is 12.1 Å². The van der Waals surface area contributed by atoms with Crippen LogP contribution in [0.3, 0.4) is 0 Å². The first kappa shape index (κ1) is 14.6. The van der Waals surface area contributed by atoms with E-state index >= 15 is 0 Å². The molecular weight excluding hydrogens is 326 g/mol. The maximum absolute atomic E-state index is 5.17. The molecule has 1 aliphatic rings. The van der Waals surface area contributed by atoms with Crippen LogP contribution in [0.15, 0.2) is 53.0 Å². The summed E-state index contributed by atoms with van der Waals surface area (Å²) in [5.74, 6) is 1.63. The van der Waals surface area contributed by atoms with Gasteiger partial charge in [0.25, 0.3) is 0 Å². The zero-order chi connectivity index (χ0) is 14.7. The highest BCUT2D eigenvalue weighted by atomic mass is 79.9. The van der Waals surface area contributed by atoms with Crippen molar-refractivity contribution in [3.63, 3.8) is 0 Å². The fourth-order valence-electron chi connectivity index (χ4n) is 2.80. The van der Waals surface area contributed by atoms with Gasteiger partial charge in [-0.15, -0.1) is 0 Å². The second kappa shape index (κ2) is 6.63. The summed E-state index contributed by atoms with van der Waals surface area (Å²) < 4.78 is 6.33. The van der Waals surface area contributed by atoms with Crippen molar-refractivity contribution >= 4 is 15.9 Å². The highest BCUT2D eigenvalue weighted by Gasteiger charge is 2.29. The maximum atomic E-state index is 5.17. The molecule has 0 unspecified atom stereocenters. The second-order valence-corrected chi connectivity index (χ2v) is 6.56. The molecule has 2 aromatic carbocycles. The monoisotopic (exact) mass is 345 g/mol. The summed E-state index contributed by atoms with van der Waals surface area (Å²) in [7, 11) is 1.70. The van der Waals surface area contributed by atoms with Gasteiger partial charge in [0, 0.05) is 17.1 Å². The van der Waals surface area contributed by atoms with E-state index in [0.717, 1.165) is 16.8 Å². The van der Waals surface area contributed by atoms with Crippen LogP contribution in [-0.4, -0.2) is 13.2 Å². The smallest absolute Gasteiger partial charge is 0.118 e. The summed E-state index contributed by atoms with van der Waals surface area (Å²) in [4.78, 5) is 0. The quantitative estimate of drug-likeness (QED) is 0.861. The SMILES string of the molecule is COc1ccc(CNC2CC(c3ccc(Br)cc3)C2)cc1. The summed E-state index contributed by atoms with van der Waals surface area (Å²) in [5, 5.41) is 3.63. The van der Waals surface area contributed by atoms with E-state index in [0.29, 0.717) is 12.0 Å². The summed E-state index contributed by atoms with van der Waals surface area (Å²) in [5.41, 5.74) is 2.77. The average Bonchev–Trinajstić information content (AvgIpc) is 2.48. The number of hydrogen-bond donors (Lipinski definition) is 1. The van der Waals surface area contributed by atoms with Crippen molar-refractivity contribution in [3.05, 3.63) is 64.1 Å². The molecule has 2 aromatic rings. The Labute approximate surface area is 134 Å². The van der Waals surface area contributed by atoms with Gasteiger partial charge in [-0.25, -0.2) is 0 Å². The van der Waals surface area contributed by atoms with Crippen LogP contribution in [-0.2, 0) is 6.54 Å². The zero-order valence-corrected chi connectivity index (χ0v) is 13.8. The molecule has 0 saturated heterocycles. The summed E-state index contributed by atoms with van der Waals surface area (Å²) in [6, 6.07) is 17.6. The van der Waals surface area contributed by atoms with Gasteiger partial charge in [0.05, 0.1) is 7.11 Å². The lowest BCUT2D eigenvalue weighted by Crippen LogP contribution is -2.39. The van der Waals surface area contributed by atoms with E-state index < -0.39 is 0 Å². The largest absolute Gasteiger partial charge is 0.497 e. The molecule has 0 radical (unpaired) electrons. The standard InChI is InChI=1S/C18H20BrNO/c1-21-18-8-2-13(3-9-18)12-20-17-10-15(11-17)14-4-6-16(19)7-5-14/h2-9,15,17,20H,10-12H2,1H3. The fourth-order valence-corrected chi connectivity index (χ4v) is 3.06. The molecule has 0 spiro atoms. The van der Waals surface area contributed by atoms with Crippen LogP contribution in [0.5, 0.6) is 5.75 Å². The molecule has 0 heterocycles. The first-order chi connectivity index (χ1) is 10.2. The van der Waals surface area contributed by atoms with E-state index in [9.17, 15) is 0 Å². The molecule has 0 aromatic heterocycles. The van der Waals surface area contributed by atoms with Crippen molar-refractivity contribution in [2.45, 2.75) is 31.3 Å². The number of nitrogens with one attached hydrogen (secondary N) is 1. The highest BCUT2D eigenvalue weighted by molar-refractivity contribution is 9.10. The lowest BCUT2D eigenvalue weighted by Gasteiger charge is -2.36. The van der Waals surface area contributed by atoms with Gasteiger partial charge in [-0.3, -0.25) is 0 Å². The molecule has 110 valence electrons. The lowest BCUT2D eigenvalue weighted by atomic mass is 9.76. The summed E-state index contributed by atoms with van der Waals surface area (Å²) in [6.45, 7) is 0.932.